The summed E-state index contributed by atoms with van der Waals surface area (Å²) in [6.45, 7) is 7.50. The van der Waals surface area contributed by atoms with Gasteiger partial charge in [0.15, 0.2) is 5.13 Å². The number of nitrogens with zero attached hydrogens (tertiary/aromatic N) is 3. The van der Waals surface area contributed by atoms with Crippen molar-refractivity contribution >= 4 is 34.0 Å². The van der Waals surface area contributed by atoms with E-state index in [0.29, 0.717) is 24.8 Å². The molecule has 146 valence electrons. The van der Waals surface area contributed by atoms with Crippen LogP contribution in [-0.2, 0) is 9.59 Å². The molecule has 4 rings (SSSR count). The predicted molar refractivity (Wildman–Crippen MR) is 110 cm³/mol. The highest BCUT2D eigenvalue weighted by Gasteiger charge is 2.50. The van der Waals surface area contributed by atoms with Crippen LogP contribution >= 0.6 is 11.3 Å². The largest absolute Gasteiger partial charge is 0.302 e. The molecule has 1 aromatic carbocycles. The van der Waals surface area contributed by atoms with Crippen LogP contribution in [0.5, 0.6) is 0 Å². The SMILES string of the molecule is C=CCN1CC(C(=O)Nc2nc(C)cs2)C2NN(c3ccccc3)C(=O)C2C1. The zero-order chi connectivity index (χ0) is 19.7. The quantitative estimate of drug-likeness (QED) is 0.755. The van der Waals surface area contributed by atoms with E-state index in [4.69, 9.17) is 0 Å². The number of anilines is 2. The van der Waals surface area contributed by atoms with E-state index in [1.807, 2.05) is 42.6 Å². The second kappa shape index (κ2) is 7.83. The number of rotatable bonds is 5. The minimum atomic E-state index is -0.374. The molecule has 2 N–H and O–H groups in total. The number of aromatic nitrogens is 1. The molecule has 3 unspecified atom stereocenters. The van der Waals surface area contributed by atoms with Crippen molar-refractivity contribution in [2.75, 3.05) is 30.0 Å². The Bertz CT molecular complexity index is 884. The van der Waals surface area contributed by atoms with Gasteiger partial charge in [0.25, 0.3) is 0 Å². The van der Waals surface area contributed by atoms with Gasteiger partial charge >= 0.3 is 0 Å². The summed E-state index contributed by atoms with van der Waals surface area (Å²) in [5, 5.41) is 6.99. The lowest BCUT2D eigenvalue weighted by Crippen LogP contribution is -2.56. The summed E-state index contributed by atoms with van der Waals surface area (Å²) in [5.74, 6) is -0.788. The standard InChI is InChI=1S/C20H23N5O2S/c1-3-9-24-10-15(18(26)22-20-21-13(2)12-28-20)17-16(11-24)19(27)25(23-17)14-7-5-4-6-8-14/h3-8,12,15-17,23H,1,9-11H2,2H3,(H,21,22,26). The minimum Gasteiger partial charge on any atom is -0.302 e. The highest BCUT2D eigenvalue weighted by atomic mass is 32.1. The van der Waals surface area contributed by atoms with Gasteiger partial charge in [-0.3, -0.25) is 14.5 Å². The normalized spacial score (nSPS) is 24.8. The molecule has 2 aliphatic rings. The van der Waals surface area contributed by atoms with Crippen LogP contribution < -0.4 is 15.8 Å². The summed E-state index contributed by atoms with van der Waals surface area (Å²) in [4.78, 5) is 32.6. The number of carbonyl (C=O) groups is 2. The molecule has 1 aromatic heterocycles. The Labute approximate surface area is 168 Å². The molecule has 28 heavy (non-hydrogen) atoms. The molecule has 0 aliphatic carbocycles. The third kappa shape index (κ3) is 3.58. The number of hydrazine groups is 1. The second-order valence-electron chi connectivity index (χ2n) is 7.17. The first-order valence-electron chi connectivity index (χ1n) is 9.28. The number of aryl methyl sites for hydroxylation is 1. The zero-order valence-corrected chi connectivity index (χ0v) is 16.5. The van der Waals surface area contributed by atoms with E-state index in [9.17, 15) is 9.59 Å². The average molecular weight is 398 g/mol. The lowest BCUT2D eigenvalue weighted by atomic mass is 9.84. The van der Waals surface area contributed by atoms with E-state index in [0.717, 1.165) is 11.4 Å². The molecular formula is C20H23N5O2S. The maximum Gasteiger partial charge on any atom is 0.247 e. The molecule has 2 saturated heterocycles. The van der Waals surface area contributed by atoms with Crippen molar-refractivity contribution in [2.45, 2.75) is 13.0 Å². The molecule has 0 radical (unpaired) electrons. The van der Waals surface area contributed by atoms with Gasteiger partial charge < -0.3 is 5.32 Å². The molecular weight excluding hydrogens is 374 g/mol. The molecule has 2 fully saturated rings. The van der Waals surface area contributed by atoms with E-state index in [1.165, 1.54) is 11.3 Å². The van der Waals surface area contributed by atoms with Crippen molar-refractivity contribution in [3.63, 3.8) is 0 Å². The molecule has 2 aromatic rings. The number of benzene rings is 1. The Hall–Kier alpha value is -2.55. The van der Waals surface area contributed by atoms with E-state index in [2.05, 4.69) is 27.2 Å². The van der Waals surface area contributed by atoms with Gasteiger partial charge in [0, 0.05) is 25.0 Å². The minimum absolute atomic E-state index is 0.00662. The van der Waals surface area contributed by atoms with Crippen molar-refractivity contribution in [2.24, 2.45) is 11.8 Å². The first kappa shape index (κ1) is 18.8. The summed E-state index contributed by atoms with van der Waals surface area (Å²) >= 11 is 1.41. The van der Waals surface area contributed by atoms with Gasteiger partial charge in [0.2, 0.25) is 11.8 Å². The molecule has 2 aliphatic heterocycles. The third-order valence-corrected chi connectivity index (χ3v) is 6.06. The topological polar surface area (TPSA) is 77.6 Å². The Morgan fingerprint density at radius 2 is 2.18 bits per heavy atom. The number of para-hydroxylation sites is 1. The van der Waals surface area contributed by atoms with Crippen molar-refractivity contribution in [1.82, 2.24) is 15.3 Å². The van der Waals surface area contributed by atoms with Crippen LogP contribution in [0.4, 0.5) is 10.8 Å². The van der Waals surface area contributed by atoms with E-state index >= 15 is 0 Å². The summed E-state index contributed by atoms with van der Waals surface area (Å²) in [6, 6.07) is 9.22. The number of thiazole rings is 1. The van der Waals surface area contributed by atoms with Gasteiger partial charge in [-0.2, -0.15) is 0 Å². The molecule has 0 spiro atoms. The first-order chi connectivity index (χ1) is 13.6. The highest BCUT2D eigenvalue weighted by molar-refractivity contribution is 7.13. The summed E-state index contributed by atoms with van der Waals surface area (Å²) < 4.78 is 0. The number of carbonyl (C=O) groups excluding carboxylic acids is 2. The molecule has 7 nitrogen and oxygen atoms in total. The lowest BCUT2D eigenvalue weighted by Gasteiger charge is -2.37. The van der Waals surface area contributed by atoms with Crippen LogP contribution in [0.1, 0.15) is 5.69 Å². The Morgan fingerprint density at radius 1 is 1.39 bits per heavy atom. The fourth-order valence-corrected chi connectivity index (χ4v) is 4.59. The maximum absolute atomic E-state index is 13.1. The summed E-state index contributed by atoms with van der Waals surface area (Å²) in [6.07, 6.45) is 1.81. The van der Waals surface area contributed by atoms with E-state index in [-0.39, 0.29) is 29.7 Å². The average Bonchev–Trinajstić information content (AvgIpc) is 3.25. The van der Waals surface area contributed by atoms with Crippen LogP contribution in [0.2, 0.25) is 0 Å². The smallest absolute Gasteiger partial charge is 0.247 e. The van der Waals surface area contributed by atoms with Gasteiger partial charge in [-0.15, -0.1) is 17.9 Å². The maximum atomic E-state index is 13.1. The van der Waals surface area contributed by atoms with Crippen molar-refractivity contribution in [3.05, 3.63) is 54.1 Å². The number of nitrogens with one attached hydrogen (secondary N) is 2. The summed E-state index contributed by atoms with van der Waals surface area (Å²) in [5.41, 5.74) is 4.96. The van der Waals surface area contributed by atoms with Gasteiger partial charge in [-0.1, -0.05) is 24.3 Å². The predicted octanol–water partition coefficient (Wildman–Crippen LogP) is 2.04. The van der Waals surface area contributed by atoms with Crippen LogP contribution in [0.15, 0.2) is 48.4 Å². The molecule has 8 heteroatoms. The Morgan fingerprint density at radius 3 is 2.86 bits per heavy atom. The molecule has 0 bridgehead atoms. The van der Waals surface area contributed by atoms with Gasteiger partial charge in [-0.05, 0) is 19.1 Å². The highest BCUT2D eigenvalue weighted by Crippen LogP contribution is 2.32. The van der Waals surface area contributed by atoms with Gasteiger partial charge in [0.05, 0.1) is 29.3 Å². The number of hydrogen-bond donors (Lipinski definition) is 2. The van der Waals surface area contributed by atoms with Crippen LogP contribution in [-0.4, -0.2) is 47.4 Å². The van der Waals surface area contributed by atoms with Crippen molar-refractivity contribution < 1.29 is 9.59 Å². The van der Waals surface area contributed by atoms with Crippen LogP contribution in [0, 0.1) is 18.8 Å². The fraction of sp³-hybridized carbons (Fsp3) is 0.350. The number of amides is 2. The molecule has 3 atom stereocenters. The second-order valence-corrected chi connectivity index (χ2v) is 8.03. The Balaban J connectivity index is 1.58. The van der Waals surface area contributed by atoms with Gasteiger partial charge in [0.1, 0.15) is 0 Å². The van der Waals surface area contributed by atoms with Crippen molar-refractivity contribution in [3.8, 4) is 0 Å². The van der Waals surface area contributed by atoms with Crippen LogP contribution in [0.25, 0.3) is 0 Å². The number of hydrogen-bond acceptors (Lipinski definition) is 6. The lowest BCUT2D eigenvalue weighted by molar-refractivity contribution is -0.125. The zero-order valence-electron chi connectivity index (χ0n) is 15.7. The molecule has 0 saturated carbocycles. The van der Waals surface area contributed by atoms with Crippen molar-refractivity contribution in [1.29, 1.82) is 0 Å². The monoisotopic (exact) mass is 397 g/mol. The van der Waals surface area contributed by atoms with E-state index < -0.39 is 0 Å². The number of fused-ring (bicyclic) bond motifs is 1. The third-order valence-electron chi connectivity index (χ3n) is 5.18. The van der Waals surface area contributed by atoms with E-state index in [1.54, 1.807) is 11.1 Å². The number of likely N-dealkylation sites (tertiary alicyclic amines) is 1. The first-order valence-corrected chi connectivity index (χ1v) is 10.2. The number of piperidine rings is 1. The van der Waals surface area contributed by atoms with Crippen LogP contribution in [0.3, 0.4) is 0 Å². The molecule has 3 heterocycles. The molecule has 2 amide bonds. The fourth-order valence-electron chi connectivity index (χ4n) is 3.89. The Kier molecular flexibility index (Phi) is 5.25. The van der Waals surface area contributed by atoms with Gasteiger partial charge in [-0.25, -0.2) is 15.4 Å². The summed E-state index contributed by atoms with van der Waals surface area (Å²) in [7, 11) is 0.